The highest BCUT2D eigenvalue weighted by molar-refractivity contribution is 7.35. The van der Waals surface area contributed by atoms with Crippen molar-refractivity contribution in [3.8, 4) is 0 Å². The molecule has 0 aliphatic carbocycles. The van der Waals surface area contributed by atoms with Crippen molar-refractivity contribution in [2.45, 2.75) is 7.43 Å². The zero-order valence-corrected chi connectivity index (χ0v) is 6.77. The second-order valence-electron chi connectivity index (χ2n) is 1.63. The van der Waals surface area contributed by atoms with Gasteiger partial charge in [0.1, 0.15) is 0 Å². The molecule has 50 valence electrons. The lowest BCUT2D eigenvalue weighted by Crippen LogP contribution is -2.08. The first kappa shape index (κ1) is 9.08. The van der Waals surface area contributed by atoms with Gasteiger partial charge in [-0.15, -0.1) is 18.5 Å². The Morgan fingerprint density at radius 1 is 0.889 bits per heavy atom. The number of benzene rings is 1. The SMILES string of the molecule is C.Pc1ccccc1P. The lowest BCUT2D eigenvalue weighted by molar-refractivity contribution is 1.84. The Bertz CT molecular complexity index is 163. The molecule has 0 spiro atoms. The molecule has 0 bridgehead atoms. The van der Waals surface area contributed by atoms with E-state index in [2.05, 4.69) is 30.6 Å². The second kappa shape index (κ2) is 3.99. The lowest BCUT2D eigenvalue weighted by atomic mass is 10.4. The Balaban J connectivity index is 0.000000640. The van der Waals surface area contributed by atoms with Crippen molar-refractivity contribution in [1.29, 1.82) is 0 Å². The molecular weight excluding hydrogens is 146 g/mol. The first-order valence-corrected chi connectivity index (χ1v) is 3.56. The number of hydrogen-bond acceptors (Lipinski definition) is 0. The summed E-state index contributed by atoms with van der Waals surface area (Å²) < 4.78 is 0. The monoisotopic (exact) mass is 158 g/mol. The summed E-state index contributed by atoms with van der Waals surface area (Å²) in [5.41, 5.74) is 0. The average molecular weight is 158 g/mol. The third-order valence-corrected chi connectivity index (χ3v) is 2.38. The Hall–Kier alpha value is 0.0800. The van der Waals surface area contributed by atoms with Crippen LogP contribution in [0.1, 0.15) is 7.43 Å². The van der Waals surface area contributed by atoms with Crippen LogP contribution in [-0.2, 0) is 0 Å². The van der Waals surface area contributed by atoms with Crippen LogP contribution >= 0.6 is 18.5 Å². The highest BCUT2D eigenvalue weighted by atomic mass is 31.0. The molecule has 0 aromatic heterocycles. The first-order chi connectivity index (χ1) is 3.80. The molecule has 0 nitrogen and oxygen atoms in total. The number of rotatable bonds is 0. The van der Waals surface area contributed by atoms with Gasteiger partial charge in [0.25, 0.3) is 0 Å². The summed E-state index contributed by atoms with van der Waals surface area (Å²) in [4.78, 5) is 0. The minimum atomic E-state index is 0. The Morgan fingerprint density at radius 2 is 1.22 bits per heavy atom. The topological polar surface area (TPSA) is 0 Å². The first-order valence-electron chi connectivity index (χ1n) is 2.40. The van der Waals surface area contributed by atoms with Gasteiger partial charge in [-0.05, 0) is 10.6 Å². The zero-order valence-electron chi connectivity index (χ0n) is 4.46. The predicted molar refractivity (Wildman–Crippen MR) is 51.9 cm³/mol. The molecule has 0 saturated carbocycles. The fraction of sp³-hybridized carbons (Fsp3) is 0.143. The fourth-order valence-corrected chi connectivity index (χ4v) is 0.926. The van der Waals surface area contributed by atoms with E-state index in [1.807, 2.05) is 12.1 Å². The van der Waals surface area contributed by atoms with Crippen LogP contribution < -0.4 is 10.6 Å². The summed E-state index contributed by atoms with van der Waals surface area (Å²) in [6.45, 7) is 0. The van der Waals surface area contributed by atoms with Gasteiger partial charge in [0.2, 0.25) is 0 Å². The van der Waals surface area contributed by atoms with Crippen molar-refractivity contribution in [3.63, 3.8) is 0 Å². The molecule has 2 atom stereocenters. The smallest absolute Gasteiger partial charge is 0.0231 e. The molecule has 2 heteroatoms. The van der Waals surface area contributed by atoms with E-state index in [9.17, 15) is 0 Å². The Labute approximate surface area is 61.5 Å². The standard InChI is InChI=1S/C6H8P2.CH4/c7-5-3-1-2-4-6(5)8;/h1-4H,7-8H2;1H4. The van der Waals surface area contributed by atoms with Gasteiger partial charge in [0.05, 0.1) is 0 Å². The van der Waals surface area contributed by atoms with Gasteiger partial charge >= 0.3 is 0 Å². The molecule has 0 radical (unpaired) electrons. The summed E-state index contributed by atoms with van der Waals surface area (Å²) >= 11 is 0. The van der Waals surface area contributed by atoms with Crippen LogP contribution in [0.15, 0.2) is 24.3 Å². The van der Waals surface area contributed by atoms with Crippen LogP contribution in [0.4, 0.5) is 0 Å². The van der Waals surface area contributed by atoms with Gasteiger partial charge in [-0.2, -0.15) is 0 Å². The normalized spacial score (nSPS) is 8.22. The molecule has 0 aliphatic rings. The van der Waals surface area contributed by atoms with Crippen LogP contribution in [0.25, 0.3) is 0 Å². The summed E-state index contributed by atoms with van der Waals surface area (Å²) in [5.74, 6) is 0. The van der Waals surface area contributed by atoms with E-state index in [1.54, 1.807) is 0 Å². The molecule has 0 saturated heterocycles. The summed E-state index contributed by atoms with van der Waals surface area (Å²) in [6.07, 6.45) is 0. The van der Waals surface area contributed by atoms with E-state index in [0.29, 0.717) is 0 Å². The van der Waals surface area contributed by atoms with Crippen molar-refractivity contribution in [2.24, 2.45) is 0 Å². The zero-order chi connectivity index (χ0) is 5.98. The summed E-state index contributed by atoms with van der Waals surface area (Å²) in [6, 6.07) is 8.17. The molecule has 1 aromatic rings. The summed E-state index contributed by atoms with van der Waals surface area (Å²) in [5, 5.41) is 2.50. The van der Waals surface area contributed by atoms with Gasteiger partial charge in [0, 0.05) is 0 Å². The van der Waals surface area contributed by atoms with Gasteiger partial charge in [-0.3, -0.25) is 0 Å². The van der Waals surface area contributed by atoms with Gasteiger partial charge < -0.3 is 0 Å². The highest BCUT2D eigenvalue weighted by Crippen LogP contribution is 1.90. The molecule has 1 aromatic carbocycles. The Kier molecular flexibility index (Phi) is 4.02. The maximum atomic E-state index is 2.67. The van der Waals surface area contributed by atoms with Crippen molar-refractivity contribution in [2.75, 3.05) is 0 Å². The minimum Gasteiger partial charge on any atom is -0.105 e. The van der Waals surface area contributed by atoms with Crippen molar-refractivity contribution in [3.05, 3.63) is 24.3 Å². The van der Waals surface area contributed by atoms with Gasteiger partial charge in [0.15, 0.2) is 0 Å². The van der Waals surface area contributed by atoms with Crippen LogP contribution in [0.3, 0.4) is 0 Å². The van der Waals surface area contributed by atoms with Crippen LogP contribution in [-0.4, -0.2) is 0 Å². The van der Waals surface area contributed by atoms with E-state index in [1.165, 1.54) is 10.6 Å². The van der Waals surface area contributed by atoms with Crippen LogP contribution in [0.5, 0.6) is 0 Å². The van der Waals surface area contributed by atoms with E-state index < -0.39 is 0 Å². The van der Waals surface area contributed by atoms with Crippen molar-refractivity contribution < 1.29 is 0 Å². The minimum absolute atomic E-state index is 0. The molecule has 1 rings (SSSR count). The van der Waals surface area contributed by atoms with E-state index >= 15 is 0 Å². The van der Waals surface area contributed by atoms with Gasteiger partial charge in [-0.1, -0.05) is 31.7 Å². The average Bonchev–Trinajstić information content (AvgIpc) is 1.77. The molecular formula is C7H12P2. The van der Waals surface area contributed by atoms with E-state index in [-0.39, 0.29) is 7.43 Å². The molecule has 0 amide bonds. The second-order valence-corrected chi connectivity index (χ2v) is 2.87. The van der Waals surface area contributed by atoms with Gasteiger partial charge in [-0.25, -0.2) is 0 Å². The molecule has 2 unspecified atom stereocenters. The van der Waals surface area contributed by atoms with Crippen molar-refractivity contribution in [1.82, 2.24) is 0 Å². The predicted octanol–water partition coefficient (Wildman–Crippen LogP) is 1.32. The molecule has 0 fully saturated rings. The third kappa shape index (κ3) is 2.43. The van der Waals surface area contributed by atoms with E-state index in [0.717, 1.165) is 0 Å². The molecule has 9 heavy (non-hydrogen) atoms. The quantitative estimate of drug-likeness (QED) is 0.499. The number of hydrogen-bond donors (Lipinski definition) is 0. The lowest BCUT2D eigenvalue weighted by Gasteiger charge is -1.93. The van der Waals surface area contributed by atoms with Crippen LogP contribution in [0.2, 0.25) is 0 Å². The largest absolute Gasteiger partial charge is 0.105 e. The molecule has 0 heterocycles. The maximum absolute atomic E-state index is 2.67. The fourth-order valence-electron chi connectivity index (χ4n) is 0.511. The maximum Gasteiger partial charge on any atom is -0.0231 e. The van der Waals surface area contributed by atoms with Crippen LogP contribution in [0, 0.1) is 0 Å². The van der Waals surface area contributed by atoms with E-state index in [4.69, 9.17) is 0 Å². The summed E-state index contributed by atoms with van der Waals surface area (Å²) in [7, 11) is 5.33. The third-order valence-electron chi connectivity index (χ3n) is 0.996. The molecule has 0 N–H and O–H groups in total. The Morgan fingerprint density at radius 3 is 1.44 bits per heavy atom. The van der Waals surface area contributed by atoms with Crippen molar-refractivity contribution >= 4 is 29.1 Å². The molecule has 0 aliphatic heterocycles. The highest BCUT2D eigenvalue weighted by Gasteiger charge is 1.84.